The Balaban J connectivity index is 0.000000205. The first-order chi connectivity index (χ1) is 19.1. The molecule has 42 heavy (non-hydrogen) atoms. The van der Waals surface area contributed by atoms with Crippen LogP contribution in [0.1, 0.15) is 58.2 Å². The molecule has 0 amide bonds. The summed E-state index contributed by atoms with van der Waals surface area (Å²) in [7, 11) is -3.90. The number of benzene rings is 3. The van der Waals surface area contributed by atoms with Gasteiger partial charge in [-0.25, -0.2) is 26.0 Å². The molecule has 2 heterocycles. The number of hydrogen-bond donors (Lipinski definition) is 0. The topological polar surface area (TPSA) is 120 Å². The van der Waals surface area contributed by atoms with E-state index in [2.05, 4.69) is 113 Å². The van der Waals surface area contributed by atoms with Crippen LogP contribution in [0, 0.1) is 6.92 Å². The highest BCUT2D eigenvalue weighted by Gasteiger charge is 2.41. The van der Waals surface area contributed by atoms with E-state index in [0.717, 1.165) is 5.56 Å². The molecule has 0 spiro atoms. The molecule has 0 fully saturated rings. The van der Waals surface area contributed by atoms with Gasteiger partial charge in [0.2, 0.25) is 11.4 Å². The minimum absolute atomic E-state index is 0.178. The lowest BCUT2D eigenvalue weighted by Gasteiger charge is -2.14. The maximum Gasteiger partial charge on any atom is 0.209 e. The fraction of sp³-hybridized carbons (Fsp3) is 0.375. The van der Waals surface area contributed by atoms with Crippen LogP contribution in [0.4, 0.5) is 11.4 Å². The standard InChI is InChI=1S/2C12H16N.C7H8O3S.CH4O3S/c2*1-9-12(2,3)10-7-5-6-8-11(10)13(9)4;1-6-2-4-7(5-3-6)11(8,9)10;1-5(2,3)4/h2*5-8H,1-4H3;2-5H,1H3,(H,8,9,10);1H3,(H,2,3,4)/q2*+1;;/p-2. The summed E-state index contributed by atoms with van der Waals surface area (Å²) in [5.41, 5.74) is 9.76. The van der Waals surface area contributed by atoms with Gasteiger partial charge in [0, 0.05) is 43.4 Å². The third-order valence-electron chi connectivity index (χ3n) is 8.00. The van der Waals surface area contributed by atoms with Crippen molar-refractivity contribution >= 4 is 43.0 Å². The smallest absolute Gasteiger partial charge is 0.209 e. The van der Waals surface area contributed by atoms with Crippen LogP contribution in [-0.4, -0.2) is 66.9 Å². The number of rotatable bonds is 1. The third-order valence-corrected chi connectivity index (χ3v) is 8.85. The van der Waals surface area contributed by atoms with Gasteiger partial charge >= 0.3 is 0 Å². The summed E-state index contributed by atoms with van der Waals surface area (Å²) in [6.45, 7) is 15.4. The van der Waals surface area contributed by atoms with E-state index in [9.17, 15) is 13.0 Å². The number of fused-ring (bicyclic) bond motifs is 2. The predicted molar refractivity (Wildman–Crippen MR) is 167 cm³/mol. The van der Waals surface area contributed by atoms with Crippen LogP contribution in [0.25, 0.3) is 0 Å². The fourth-order valence-corrected chi connectivity index (χ4v) is 5.35. The van der Waals surface area contributed by atoms with Gasteiger partial charge in [0.25, 0.3) is 0 Å². The largest absolute Gasteiger partial charge is 0.748 e. The minimum Gasteiger partial charge on any atom is -0.748 e. The lowest BCUT2D eigenvalue weighted by Crippen LogP contribution is -2.25. The van der Waals surface area contributed by atoms with E-state index < -0.39 is 20.2 Å². The average Bonchev–Trinajstić information content (AvgIpc) is 3.18. The van der Waals surface area contributed by atoms with Crippen molar-refractivity contribution < 1.29 is 35.1 Å². The molecule has 228 valence electrons. The normalized spacial score (nSPS) is 16.2. The van der Waals surface area contributed by atoms with Crippen molar-refractivity contribution in [1.29, 1.82) is 0 Å². The molecule has 8 nitrogen and oxygen atoms in total. The van der Waals surface area contributed by atoms with Crippen molar-refractivity contribution in [1.82, 2.24) is 0 Å². The second-order valence-electron chi connectivity index (χ2n) is 11.5. The Morgan fingerprint density at radius 1 is 0.595 bits per heavy atom. The van der Waals surface area contributed by atoms with Crippen molar-refractivity contribution in [3.8, 4) is 0 Å². The summed E-state index contributed by atoms with van der Waals surface area (Å²) >= 11 is 0. The van der Waals surface area contributed by atoms with Gasteiger partial charge in [-0.05, 0) is 46.8 Å². The van der Waals surface area contributed by atoms with Crippen LogP contribution in [0.3, 0.4) is 0 Å². The zero-order chi connectivity index (χ0) is 32.3. The zero-order valence-electron chi connectivity index (χ0n) is 26.1. The molecule has 5 rings (SSSR count). The Kier molecular flexibility index (Phi) is 10.8. The first kappa shape index (κ1) is 35.0. The highest BCUT2D eigenvalue weighted by Crippen LogP contribution is 2.39. The van der Waals surface area contributed by atoms with E-state index in [1.165, 1.54) is 46.1 Å². The molecule has 0 N–H and O–H groups in total. The Morgan fingerprint density at radius 3 is 1.19 bits per heavy atom. The van der Waals surface area contributed by atoms with Crippen LogP contribution in [0.2, 0.25) is 0 Å². The molecule has 3 aromatic rings. The quantitative estimate of drug-likeness (QED) is 0.264. The second kappa shape index (κ2) is 13.0. The molecule has 0 bridgehead atoms. The molecule has 10 heteroatoms. The highest BCUT2D eigenvalue weighted by molar-refractivity contribution is 7.85. The van der Waals surface area contributed by atoms with Crippen LogP contribution >= 0.6 is 0 Å². The number of hydrogen-bond acceptors (Lipinski definition) is 6. The summed E-state index contributed by atoms with van der Waals surface area (Å²) in [6.07, 6.45) is 0.604. The van der Waals surface area contributed by atoms with E-state index in [-0.39, 0.29) is 15.7 Å². The first-order valence-corrected chi connectivity index (χ1v) is 16.6. The lowest BCUT2D eigenvalue weighted by molar-refractivity contribution is -0.403. The van der Waals surface area contributed by atoms with Gasteiger partial charge in [0.15, 0.2) is 11.4 Å². The van der Waals surface area contributed by atoms with Crippen LogP contribution in [-0.2, 0) is 31.1 Å². The molecule has 0 atom stereocenters. The van der Waals surface area contributed by atoms with Crippen molar-refractivity contribution in [3.63, 3.8) is 0 Å². The fourth-order valence-electron chi connectivity index (χ4n) is 4.88. The minimum atomic E-state index is -4.27. The van der Waals surface area contributed by atoms with E-state index in [1.54, 1.807) is 12.1 Å². The number of nitrogens with zero attached hydrogens (tertiary/aromatic N) is 2. The number of aryl methyl sites for hydroxylation is 1. The molecular formula is C32H42N2O6S2. The van der Waals surface area contributed by atoms with Gasteiger partial charge in [0.05, 0.1) is 25.8 Å². The van der Waals surface area contributed by atoms with Crippen LogP contribution in [0.15, 0.2) is 77.7 Å². The van der Waals surface area contributed by atoms with E-state index >= 15 is 0 Å². The van der Waals surface area contributed by atoms with Crippen LogP contribution < -0.4 is 0 Å². The van der Waals surface area contributed by atoms with Crippen molar-refractivity contribution in [3.05, 3.63) is 89.5 Å². The molecule has 3 aromatic carbocycles. The summed E-state index contributed by atoms with van der Waals surface area (Å²) in [5.74, 6) is 0. The Labute approximate surface area is 251 Å². The molecule has 0 aromatic heterocycles. The first-order valence-electron chi connectivity index (χ1n) is 13.4. The van der Waals surface area contributed by atoms with Gasteiger partial charge in [-0.2, -0.15) is 0 Å². The summed E-state index contributed by atoms with van der Waals surface area (Å²) in [5, 5.41) is 0. The SMILES string of the molecule is CC1=[N+](C)c2ccccc2C1(C)C.CC1=[N+](C)c2ccccc2C1(C)C.CS(=O)(=O)[O-].Cc1ccc(S(=O)(=O)[O-])cc1. The molecule has 0 radical (unpaired) electrons. The third kappa shape index (κ3) is 8.44. The summed E-state index contributed by atoms with van der Waals surface area (Å²) < 4.78 is 63.0. The van der Waals surface area contributed by atoms with Gasteiger partial charge in [-0.3, -0.25) is 0 Å². The molecule has 2 aliphatic heterocycles. The Morgan fingerprint density at radius 2 is 0.905 bits per heavy atom. The molecule has 2 aliphatic rings. The van der Waals surface area contributed by atoms with E-state index in [4.69, 9.17) is 13.0 Å². The Bertz CT molecular complexity index is 1630. The summed E-state index contributed by atoms with van der Waals surface area (Å²) in [4.78, 5) is -0.178. The van der Waals surface area contributed by atoms with Crippen molar-refractivity contribution in [2.75, 3.05) is 20.4 Å². The molecule has 0 unspecified atom stereocenters. The van der Waals surface area contributed by atoms with Crippen molar-refractivity contribution in [2.24, 2.45) is 0 Å². The van der Waals surface area contributed by atoms with Gasteiger partial charge in [-0.1, -0.05) is 54.1 Å². The number of para-hydroxylation sites is 2. The maximum atomic E-state index is 10.4. The monoisotopic (exact) mass is 614 g/mol. The van der Waals surface area contributed by atoms with Crippen molar-refractivity contribution in [2.45, 2.75) is 64.2 Å². The molecule has 0 aliphatic carbocycles. The Hall–Kier alpha value is -3.18. The average molecular weight is 615 g/mol. The van der Waals surface area contributed by atoms with E-state index in [0.29, 0.717) is 6.26 Å². The van der Waals surface area contributed by atoms with Gasteiger partial charge in [-0.15, -0.1) is 0 Å². The van der Waals surface area contributed by atoms with E-state index in [1.807, 2.05) is 6.92 Å². The van der Waals surface area contributed by atoms with Gasteiger partial charge < -0.3 is 9.11 Å². The summed E-state index contributed by atoms with van der Waals surface area (Å²) in [6, 6.07) is 23.0. The zero-order valence-corrected chi connectivity index (χ0v) is 27.7. The lowest BCUT2D eigenvalue weighted by atomic mass is 9.82. The second-order valence-corrected chi connectivity index (χ2v) is 14.3. The van der Waals surface area contributed by atoms with Gasteiger partial charge in [0.1, 0.15) is 24.2 Å². The molecule has 0 saturated heterocycles. The highest BCUT2D eigenvalue weighted by atomic mass is 32.2. The maximum absolute atomic E-state index is 10.4. The molecular weight excluding hydrogens is 572 g/mol. The molecule has 0 saturated carbocycles. The van der Waals surface area contributed by atoms with Crippen LogP contribution in [0.5, 0.6) is 0 Å². The predicted octanol–water partition coefficient (Wildman–Crippen LogP) is 5.49.